The summed E-state index contributed by atoms with van der Waals surface area (Å²) in [5.41, 5.74) is 7.69. The monoisotopic (exact) mass is 344 g/mol. The number of nitrogens with zero attached hydrogens (tertiary/aromatic N) is 2. The van der Waals surface area contributed by atoms with Crippen LogP contribution in [0.5, 0.6) is 0 Å². The van der Waals surface area contributed by atoms with Gasteiger partial charge >= 0.3 is 6.03 Å². The maximum absolute atomic E-state index is 12.9. The van der Waals surface area contributed by atoms with Crippen molar-refractivity contribution in [2.75, 3.05) is 31.5 Å². The molecule has 0 bridgehead atoms. The first-order valence-corrected chi connectivity index (χ1v) is 9.21. The fourth-order valence-corrected chi connectivity index (χ4v) is 3.89. The Bertz CT molecular complexity index is 634. The highest BCUT2D eigenvalue weighted by atomic mass is 16.2. The zero-order chi connectivity index (χ0) is 17.8. The molecule has 6 nitrogen and oxygen atoms in total. The molecule has 0 saturated carbocycles. The first-order chi connectivity index (χ1) is 12.1. The van der Waals surface area contributed by atoms with E-state index in [1.807, 2.05) is 36.1 Å². The number of carbonyl (C=O) groups is 2. The maximum Gasteiger partial charge on any atom is 0.321 e. The molecule has 6 heteroatoms. The minimum atomic E-state index is -0.125. The molecule has 0 spiro atoms. The molecule has 3 rings (SSSR count). The highest BCUT2D eigenvalue weighted by molar-refractivity contribution is 5.90. The number of anilines is 1. The molecule has 1 aromatic carbocycles. The number of urea groups is 1. The SMILES string of the molecule is Cc1cccc(NC(=O)N2CCCC(C(=O)N3CCCC3CN)C2)c1. The summed E-state index contributed by atoms with van der Waals surface area (Å²) >= 11 is 0. The highest BCUT2D eigenvalue weighted by Crippen LogP contribution is 2.24. The molecule has 3 amide bonds. The van der Waals surface area contributed by atoms with Gasteiger partial charge in [-0.3, -0.25) is 4.79 Å². The average molecular weight is 344 g/mol. The van der Waals surface area contributed by atoms with Crippen molar-refractivity contribution in [1.82, 2.24) is 9.80 Å². The molecule has 2 saturated heterocycles. The third-order valence-corrected chi connectivity index (χ3v) is 5.26. The van der Waals surface area contributed by atoms with Crippen molar-refractivity contribution in [3.8, 4) is 0 Å². The van der Waals surface area contributed by atoms with Gasteiger partial charge in [0.2, 0.25) is 5.91 Å². The number of benzene rings is 1. The molecule has 2 aliphatic rings. The van der Waals surface area contributed by atoms with E-state index in [4.69, 9.17) is 5.73 Å². The molecule has 2 fully saturated rings. The van der Waals surface area contributed by atoms with E-state index in [0.717, 1.165) is 43.5 Å². The Morgan fingerprint density at radius 3 is 2.80 bits per heavy atom. The predicted molar refractivity (Wildman–Crippen MR) is 98.3 cm³/mol. The van der Waals surface area contributed by atoms with Crippen LogP contribution in [0.2, 0.25) is 0 Å². The lowest BCUT2D eigenvalue weighted by Gasteiger charge is -2.35. The highest BCUT2D eigenvalue weighted by Gasteiger charge is 2.35. The van der Waals surface area contributed by atoms with Crippen LogP contribution in [0, 0.1) is 12.8 Å². The second-order valence-electron chi connectivity index (χ2n) is 7.15. The Hall–Kier alpha value is -2.08. The van der Waals surface area contributed by atoms with Crippen molar-refractivity contribution < 1.29 is 9.59 Å². The minimum Gasteiger partial charge on any atom is -0.338 e. The first kappa shape index (κ1) is 17.7. The summed E-state index contributed by atoms with van der Waals surface area (Å²) in [4.78, 5) is 29.1. The van der Waals surface area contributed by atoms with Crippen LogP contribution in [0.25, 0.3) is 0 Å². The van der Waals surface area contributed by atoms with Gasteiger partial charge in [-0.25, -0.2) is 4.79 Å². The molecule has 3 N–H and O–H groups in total. The quantitative estimate of drug-likeness (QED) is 0.882. The number of carbonyl (C=O) groups excluding carboxylic acids is 2. The van der Waals surface area contributed by atoms with Gasteiger partial charge in [-0.15, -0.1) is 0 Å². The van der Waals surface area contributed by atoms with Crippen LogP contribution in [-0.4, -0.2) is 54.0 Å². The van der Waals surface area contributed by atoms with Crippen molar-refractivity contribution in [1.29, 1.82) is 0 Å². The van der Waals surface area contributed by atoms with Crippen molar-refractivity contribution in [3.63, 3.8) is 0 Å². The van der Waals surface area contributed by atoms with Crippen LogP contribution < -0.4 is 11.1 Å². The Morgan fingerprint density at radius 2 is 2.04 bits per heavy atom. The second-order valence-corrected chi connectivity index (χ2v) is 7.15. The first-order valence-electron chi connectivity index (χ1n) is 9.21. The molecule has 0 radical (unpaired) electrons. The molecule has 2 heterocycles. The zero-order valence-electron chi connectivity index (χ0n) is 14.9. The average Bonchev–Trinajstić information content (AvgIpc) is 3.10. The number of hydrogen-bond donors (Lipinski definition) is 2. The van der Waals surface area contributed by atoms with Gasteiger partial charge in [-0.2, -0.15) is 0 Å². The number of nitrogens with two attached hydrogens (primary N) is 1. The van der Waals surface area contributed by atoms with E-state index in [0.29, 0.717) is 19.6 Å². The van der Waals surface area contributed by atoms with Crippen LogP contribution in [0.3, 0.4) is 0 Å². The van der Waals surface area contributed by atoms with Gasteiger partial charge < -0.3 is 20.9 Å². The maximum atomic E-state index is 12.9. The number of aryl methyl sites for hydroxylation is 1. The van der Waals surface area contributed by atoms with Gasteiger partial charge in [0.05, 0.1) is 5.92 Å². The van der Waals surface area contributed by atoms with Crippen LogP contribution in [0.4, 0.5) is 10.5 Å². The molecule has 0 aliphatic carbocycles. The van der Waals surface area contributed by atoms with E-state index in [1.165, 1.54) is 0 Å². The molecule has 25 heavy (non-hydrogen) atoms. The number of nitrogens with one attached hydrogen (secondary N) is 1. The summed E-state index contributed by atoms with van der Waals surface area (Å²) in [7, 11) is 0. The summed E-state index contributed by atoms with van der Waals surface area (Å²) < 4.78 is 0. The normalized spacial score (nSPS) is 23.6. The molecule has 136 valence electrons. The standard InChI is InChI=1S/C19H28N4O2/c1-14-5-2-7-16(11-14)21-19(25)22-9-3-6-15(13-22)18(24)23-10-4-8-17(23)12-20/h2,5,7,11,15,17H,3-4,6,8-10,12-13,20H2,1H3,(H,21,25). The molecule has 2 aliphatic heterocycles. The van der Waals surface area contributed by atoms with Crippen molar-refractivity contribution in [2.24, 2.45) is 11.7 Å². The van der Waals surface area contributed by atoms with E-state index >= 15 is 0 Å². The van der Waals surface area contributed by atoms with E-state index in [2.05, 4.69) is 5.32 Å². The lowest BCUT2D eigenvalue weighted by molar-refractivity contribution is -0.137. The van der Waals surface area contributed by atoms with Crippen molar-refractivity contribution in [2.45, 2.75) is 38.6 Å². The van der Waals surface area contributed by atoms with Crippen molar-refractivity contribution >= 4 is 17.6 Å². The van der Waals surface area contributed by atoms with Crippen molar-refractivity contribution in [3.05, 3.63) is 29.8 Å². The topological polar surface area (TPSA) is 78.7 Å². The third kappa shape index (κ3) is 4.12. The molecule has 1 aromatic rings. The van der Waals surface area contributed by atoms with Crippen LogP contribution in [-0.2, 0) is 4.79 Å². The molecule has 2 atom stereocenters. The van der Waals surface area contributed by atoms with E-state index in [-0.39, 0.29) is 23.9 Å². The Morgan fingerprint density at radius 1 is 1.24 bits per heavy atom. The van der Waals surface area contributed by atoms with Crippen LogP contribution >= 0.6 is 0 Å². The Balaban J connectivity index is 1.60. The minimum absolute atomic E-state index is 0.107. The smallest absolute Gasteiger partial charge is 0.321 e. The van der Waals surface area contributed by atoms with Gasteiger partial charge in [-0.05, 0) is 50.3 Å². The Kier molecular flexibility index (Phi) is 5.58. The largest absolute Gasteiger partial charge is 0.338 e. The summed E-state index contributed by atoms with van der Waals surface area (Å²) in [6.45, 7) is 4.50. The number of likely N-dealkylation sites (tertiary alicyclic amines) is 2. The number of rotatable bonds is 3. The molecule has 0 aromatic heterocycles. The van der Waals surface area contributed by atoms with E-state index in [1.54, 1.807) is 4.90 Å². The number of amides is 3. The van der Waals surface area contributed by atoms with Gasteiger partial charge in [0.15, 0.2) is 0 Å². The summed E-state index contributed by atoms with van der Waals surface area (Å²) in [6.07, 6.45) is 3.73. The van der Waals surface area contributed by atoms with Gasteiger partial charge in [0.25, 0.3) is 0 Å². The van der Waals surface area contributed by atoms with E-state index in [9.17, 15) is 9.59 Å². The predicted octanol–water partition coefficient (Wildman–Crippen LogP) is 2.19. The second kappa shape index (κ2) is 7.87. The van der Waals surface area contributed by atoms with Crippen LogP contribution in [0.15, 0.2) is 24.3 Å². The summed E-state index contributed by atoms with van der Waals surface area (Å²) in [5.74, 6) is 0.0603. The number of piperidine rings is 1. The fourth-order valence-electron chi connectivity index (χ4n) is 3.89. The molecular formula is C19H28N4O2. The molecule has 2 unspecified atom stereocenters. The van der Waals surface area contributed by atoms with E-state index < -0.39 is 0 Å². The number of hydrogen-bond acceptors (Lipinski definition) is 3. The Labute approximate surface area is 149 Å². The fraction of sp³-hybridized carbons (Fsp3) is 0.579. The van der Waals surface area contributed by atoms with Crippen LogP contribution in [0.1, 0.15) is 31.2 Å². The van der Waals surface area contributed by atoms with Gasteiger partial charge in [-0.1, -0.05) is 12.1 Å². The molecular weight excluding hydrogens is 316 g/mol. The van der Waals surface area contributed by atoms with Gasteiger partial charge in [0.1, 0.15) is 0 Å². The van der Waals surface area contributed by atoms with Gasteiger partial charge in [0, 0.05) is 37.9 Å². The lowest BCUT2D eigenvalue weighted by atomic mass is 9.96. The summed E-state index contributed by atoms with van der Waals surface area (Å²) in [5, 5.41) is 2.94. The lowest BCUT2D eigenvalue weighted by Crippen LogP contribution is -2.50. The summed E-state index contributed by atoms with van der Waals surface area (Å²) in [6, 6.07) is 7.79. The third-order valence-electron chi connectivity index (χ3n) is 5.26. The zero-order valence-corrected chi connectivity index (χ0v) is 14.9.